The predicted molar refractivity (Wildman–Crippen MR) is 65.1 cm³/mol. The van der Waals surface area contributed by atoms with Crippen molar-refractivity contribution in [3.05, 3.63) is 29.3 Å². The Bertz CT molecular complexity index is 431. The maximum Gasteiger partial charge on any atom is 0.253 e. The molecule has 0 heterocycles. The Morgan fingerprint density at radius 1 is 1.35 bits per heavy atom. The molecule has 2 amide bonds. The number of aryl methyl sites for hydroxylation is 1. The second kappa shape index (κ2) is 5.86. The van der Waals surface area contributed by atoms with E-state index >= 15 is 0 Å². The van der Waals surface area contributed by atoms with Crippen LogP contribution in [-0.4, -0.2) is 18.4 Å². The van der Waals surface area contributed by atoms with Crippen LogP contribution in [0.4, 0.5) is 5.69 Å². The van der Waals surface area contributed by atoms with E-state index in [0.29, 0.717) is 11.3 Å². The molecule has 0 aliphatic rings. The normalized spacial score (nSPS) is 9.76. The Kier molecular flexibility index (Phi) is 4.47. The summed E-state index contributed by atoms with van der Waals surface area (Å²) in [6.45, 7) is 2.09. The fraction of sp³-hybridized carbons (Fsp3) is 0.273. The summed E-state index contributed by atoms with van der Waals surface area (Å²) in [4.78, 5) is 22.3. The topological polar surface area (TPSA) is 110 Å². The summed E-state index contributed by atoms with van der Waals surface area (Å²) < 4.78 is 0. The zero-order valence-electron chi connectivity index (χ0n) is 9.62. The van der Waals surface area contributed by atoms with E-state index in [2.05, 4.69) is 10.7 Å². The van der Waals surface area contributed by atoms with Gasteiger partial charge in [-0.15, -0.1) is 0 Å². The number of amides is 2. The predicted octanol–water partition coefficient (Wildman–Crippen LogP) is -0.114. The molecule has 0 aromatic heterocycles. The molecule has 0 saturated carbocycles. The second-order valence-corrected chi connectivity index (χ2v) is 3.67. The summed E-state index contributed by atoms with van der Waals surface area (Å²) in [6.07, 6.45) is 0.114. The van der Waals surface area contributed by atoms with Gasteiger partial charge >= 0.3 is 0 Å². The Morgan fingerprint density at radius 2 is 2.06 bits per heavy atom. The van der Waals surface area contributed by atoms with Crippen LogP contribution in [0, 0.1) is 6.92 Å². The molecule has 17 heavy (non-hydrogen) atoms. The van der Waals surface area contributed by atoms with Gasteiger partial charge in [0.1, 0.15) is 0 Å². The van der Waals surface area contributed by atoms with Gasteiger partial charge in [0.05, 0.1) is 11.3 Å². The maximum absolute atomic E-state index is 11.8. The molecule has 1 aromatic rings. The lowest BCUT2D eigenvalue weighted by atomic mass is 10.1. The van der Waals surface area contributed by atoms with Crippen LogP contribution in [0.25, 0.3) is 0 Å². The van der Waals surface area contributed by atoms with Crippen LogP contribution in [-0.2, 0) is 4.79 Å². The van der Waals surface area contributed by atoms with E-state index in [1.165, 1.54) is 0 Å². The third-order valence-corrected chi connectivity index (χ3v) is 2.23. The number of anilines is 1. The standard InChI is InChI=1S/C11H16N4O2/c1-7-2-3-9(15-13)8(6-7)11(17)14-5-4-10(12)16/h2-3,6,15H,4-5,13H2,1H3,(H2,12,16)(H,14,17). The average molecular weight is 236 g/mol. The summed E-state index contributed by atoms with van der Waals surface area (Å²) in [7, 11) is 0. The SMILES string of the molecule is Cc1ccc(NN)c(C(=O)NCCC(N)=O)c1. The van der Waals surface area contributed by atoms with Crippen molar-refractivity contribution in [3.8, 4) is 0 Å². The number of carbonyl (C=O) groups excluding carboxylic acids is 2. The van der Waals surface area contributed by atoms with Gasteiger partial charge in [0, 0.05) is 13.0 Å². The Hall–Kier alpha value is -2.08. The fourth-order valence-corrected chi connectivity index (χ4v) is 1.37. The molecule has 0 saturated heterocycles. The number of primary amides is 1. The van der Waals surface area contributed by atoms with E-state index in [0.717, 1.165) is 5.56 Å². The van der Waals surface area contributed by atoms with E-state index < -0.39 is 5.91 Å². The van der Waals surface area contributed by atoms with Gasteiger partial charge in [-0.25, -0.2) is 0 Å². The quantitative estimate of drug-likeness (QED) is 0.422. The van der Waals surface area contributed by atoms with Crippen LogP contribution < -0.4 is 22.3 Å². The summed E-state index contributed by atoms with van der Waals surface area (Å²) in [5.41, 5.74) is 9.35. The first kappa shape index (κ1) is 13.0. The third kappa shape index (κ3) is 3.76. The van der Waals surface area contributed by atoms with Crippen molar-refractivity contribution in [1.82, 2.24) is 5.32 Å². The number of rotatable bonds is 5. The van der Waals surface area contributed by atoms with Crippen LogP contribution in [0.2, 0.25) is 0 Å². The number of hydrazine groups is 1. The lowest BCUT2D eigenvalue weighted by Gasteiger charge is -2.10. The molecule has 0 aliphatic heterocycles. The zero-order valence-corrected chi connectivity index (χ0v) is 9.62. The molecule has 0 spiro atoms. The number of carbonyl (C=O) groups is 2. The zero-order chi connectivity index (χ0) is 12.8. The van der Waals surface area contributed by atoms with Gasteiger partial charge in [0.25, 0.3) is 5.91 Å². The van der Waals surface area contributed by atoms with Gasteiger partial charge in [-0.3, -0.25) is 15.4 Å². The molecule has 0 fully saturated rings. The lowest BCUT2D eigenvalue weighted by molar-refractivity contribution is -0.117. The second-order valence-electron chi connectivity index (χ2n) is 3.67. The monoisotopic (exact) mass is 236 g/mol. The Balaban J connectivity index is 2.73. The first-order valence-corrected chi connectivity index (χ1v) is 5.18. The van der Waals surface area contributed by atoms with Crippen molar-refractivity contribution in [3.63, 3.8) is 0 Å². The molecule has 6 N–H and O–H groups in total. The number of nitrogens with two attached hydrogens (primary N) is 2. The van der Waals surface area contributed by atoms with E-state index in [1.54, 1.807) is 12.1 Å². The number of nitrogen functional groups attached to an aromatic ring is 1. The van der Waals surface area contributed by atoms with Crippen molar-refractivity contribution < 1.29 is 9.59 Å². The van der Waals surface area contributed by atoms with E-state index in [9.17, 15) is 9.59 Å². The summed E-state index contributed by atoms with van der Waals surface area (Å²) in [5.74, 6) is 4.57. The summed E-state index contributed by atoms with van der Waals surface area (Å²) >= 11 is 0. The van der Waals surface area contributed by atoms with Crippen LogP contribution >= 0.6 is 0 Å². The van der Waals surface area contributed by atoms with Crippen LogP contribution in [0.1, 0.15) is 22.3 Å². The fourth-order valence-electron chi connectivity index (χ4n) is 1.37. The number of hydrogen-bond acceptors (Lipinski definition) is 4. The minimum Gasteiger partial charge on any atom is -0.370 e. The average Bonchev–Trinajstić information content (AvgIpc) is 2.28. The molecule has 0 aliphatic carbocycles. The first-order valence-electron chi connectivity index (χ1n) is 5.18. The van der Waals surface area contributed by atoms with Crippen molar-refractivity contribution in [1.29, 1.82) is 0 Å². The highest BCUT2D eigenvalue weighted by atomic mass is 16.2. The van der Waals surface area contributed by atoms with E-state index in [4.69, 9.17) is 11.6 Å². The van der Waals surface area contributed by atoms with Crippen molar-refractivity contribution in [2.24, 2.45) is 11.6 Å². The van der Waals surface area contributed by atoms with Gasteiger partial charge < -0.3 is 16.5 Å². The highest BCUT2D eigenvalue weighted by Crippen LogP contribution is 2.15. The first-order chi connectivity index (χ1) is 8.04. The van der Waals surface area contributed by atoms with Crippen LogP contribution in [0.5, 0.6) is 0 Å². The van der Waals surface area contributed by atoms with Crippen LogP contribution in [0.3, 0.4) is 0 Å². The van der Waals surface area contributed by atoms with Crippen molar-refractivity contribution in [2.45, 2.75) is 13.3 Å². The van der Waals surface area contributed by atoms with Crippen molar-refractivity contribution in [2.75, 3.05) is 12.0 Å². The molecule has 0 unspecified atom stereocenters. The smallest absolute Gasteiger partial charge is 0.253 e. The number of hydrogen-bond donors (Lipinski definition) is 4. The lowest BCUT2D eigenvalue weighted by Crippen LogP contribution is -2.29. The highest BCUT2D eigenvalue weighted by Gasteiger charge is 2.10. The summed E-state index contributed by atoms with van der Waals surface area (Å²) in [6, 6.07) is 5.28. The van der Waals surface area contributed by atoms with Gasteiger partial charge in [-0.1, -0.05) is 11.6 Å². The number of nitrogens with one attached hydrogen (secondary N) is 2. The van der Waals surface area contributed by atoms with Gasteiger partial charge in [0.15, 0.2) is 0 Å². The molecule has 0 atom stereocenters. The molecule has 6 nitrogen and oxygen atoms in total. The Morgan fingerprint density at radius 3 is 2.65 bits per heavy atom. The molecular weight excluding hydrogens is 220 g/mol. The van der Waals surface area contributed by atoms with E-state index in [-0.39, 0.29) is 18.9 Å². The molecule has 1 aromatic carbocycles. The molecule has 1 rings (SSSR count). The molecule has 0 bridgehead atoms. The molecule has 6 heteroatoms. The minimum absolute atomic E-state index is 0.114. The number of benzene rings is 1. The highest BCUT2D eigenvalue weighted by molar-refractivity contribution is 5.99. The summed E-state index contributed by atoms with van der Waals surface area (Å²) in [5, 5.41) is 2.60. The minimum atomic E-state index is -0.452. The van der Waals surface area contributed by atoms with Crippen molar-refractivity contribution >= 4 is 17.5 Å². The molecular formula is C11H16N4O2. The Labute approximate surface area is 99.3 Å². The maximum atomic E-state index is 11.8. The largest absolute Gasteiger partial charge is 0.370 e. The van der Waals surface area contributed by atoms with Crippen LogP contribution in [0.15, 0.2) is 18.2 Å². The van der Waals surface area contributed by atoms with Gasteiger partial charge in [0.2, 0.25) is 5.91 Å². The molecule has 92 valence electrons. The van der Waals surface area contributed by atoms with E-state index in [1.807, 2.05) is 13.0 Å². The molecule has 0 radical (unpaired) electrons. The third-order valence-electron chi connectivity index (χ3n) is 2.23. The van der Waals surface area contributed by atoms with Gasteiger partial charge in [-0.2, -0.15) is 0 Å². The van der Waals surface area contributed by atoms with Gasteiger partial charge in [-0.05, 0) is 19.1 Å².